The molecule has 9 rings (SSSR count). The van der Waals surface area contributed by atoms with Crippen molar-refractivity contribution in [2.75, 3.05) is 28.0 Å². The Morgan fingerprint density at radius 2 is 1.48 bits per heavy atom. The summed E-state index contributed by atoms with van der Waals surface area (Å²) in [5.41, 5.74) is 9.78. The average molecular weight is 923 g/mol. The first-order valence-corrected chi connectivity index (χ1v) is 25.0. The van der Waals surface area contributed by atoms with Crippen molar-refractivity contribution in [2.24, 2.45) is 4.99 Å². The van der Waals surface area contributed by atoms with Gasteiger partial charge in [0.2, 0.25) is 5.91 Å². The Labute approximate surface area is 394 Å². The Morgan fingerprint density at radius 1 is 0.803 bits per heavy atom. The Hall–Kier alpha value is -6.05. The van der Waals surface area contributed by atoms with Crippen LogP contribution in [0.3, 0.4) is 0 Å². The highest BCUT2D eigenvalue weighted by Gasteiger charge is 2.39. The monoisotopic (exact) mass is 922 g/mol. The number of fused-ring (bicyclic) bond motifs is 8. The fraction of sp³-hybridized carbons (Fsp3) is 0.340. The van der Waals surface area contributed by atoms with Crippen LogP contribution in [0.5, 0.6) is 17.2 Å². The van der Waals surface area contributed by atoms with E-state index in [2.05, 4.69) is 17.4 Å². The van der Waals surface area contributed by atoms with E-state index in [1.54, 1.807) is 24.0 Å². The minimum atomic E-state index is -0.777. The van der Waals surface area contributed by atoms with Crippen molar-refractivity contribution < 1.29 is 33.4 Å². The number of aryl methyl sites for hydroxylation is 2. The number of benzene rings is 5. The van der Waals surface area contributed by atoms with Crippen molar-refractivity contribution >= 4 is 74.1 Å². The molecule has 0 fully saturated rings. The molecule has 0 radical (unpaired) electrons. The summed E-state index contributed by atoms with van der Waals surface area (Å²) in [5, 5.41) is 3.15. The molecule has 4 aliphatic heterocycles. The summed E-state index contributed by atoms with van der Waals surface area (Å²) in [6.07, 6.45) is 6.80. The Kier molecular flexibility index (Phi) is 13.0. The molecule has 340 valence electrons. The highest BCUT2D eigenvalue weighted by Crippen LogP contribution is 2.42. The summed E-state index contributed by atoms with van der Waals surface area (Å²) in [6, 6.07) is 29.3. The SMILES string of the molecule is CCC(=O)CCCSSC(C)(C)C(=O)Nc1cc(COc2cc3c(cc2C)C(=O)N2c4ccccc4C[C@H]2C=N3)cc(COc2cc3c(cc2OC)C(=O)N2c4ccccc4C[C@H]2CC3)c1. The second-order valence-electron chi connectivity index (χ2n) is 17.8. The van der Waals surface area contributed by atoms with Gasteiger partial charge in [-0.1, -0.05) is 64.9 Å². The number of rotatable bonds is 16. The largest absolute Gasteiger partial charge is 0.493 e. The molecule has 4 aliphatic rings. The molecular formula is C53H54N4O7S2. The number of methoxy groups -OCH3 is 1. The summed E-state index contributed by atoms with van der Waals surface area (Å²) < 4.78 is 18.1. The molecule has 0 spiro atoms. The van der Waals surface area contributed by atoms with E-state index in [-0.39, 0.29) is 48.8 Å². The molecule has 1 N–H and O–H groups in total. The Morgan fingerprint density at radius 3 is 2.21 bits per heavy atom. The predicted molar refractivity (Wildman–Crippen MR) is 265 cm³/mol. The van der Waals surface area contributed by atoms with Crippen LogP contribution in [0.2, 0.25) is 0 Å². The van der Waals surface area contributed by atoms with Crippen LogP contribution in [0.4, 0.5) is 22.7 Å². The number of para-hydroxylation sites is 2. The first-order chi connectivity index (χ1) is 31.9. The minimum absolute atomic E-state index is 0.0318. The highest BCUT2D eigenvalue weighted by molar-refractivity contribution is 8.77. The third-order valence-corrected chi connectivity index (χ3v) is 16.1. The highest BCUT2D eigenvalue weighted by atomic mass is 33.1. The number of ketones is 1. The third kappa shape index (κ3) is 9.20. The number of amides is 3. The number of hydrogen-bond acceptors (Lipinski definition) is 10. The molecule has 13 heteroatoms. The second kappa shape index (κ2) is 19.0. The van der Waals surface area contributed by atoms with E-state index < -0.39 is 4.75 Å². The maximum absolute atomic E-state index is 14.1. The topological polar surface area (TPSA) is 127 Å². The van der Waals surface area contributed by atoms with Gasteiger partial charge in [-0.25, -0.2) is 0 Å². The molecular weight excluding hydrogens is 869 g/mol. The first-order valence-electron chi connectivity index (χ1n) is 22.7. The quantitative estimate of drug-likeness (QED) is 0.0760. The van der Waals surface area contributed by atoms with E-state index in [1.807, 2.05) is 117 Å². The van der Waals surface area contributed by atoms with Crippen molar-refractivity contribution in [1.82, 2.24) is 0 Å². The zero-order valence-corrected chi connectivity index (χ0v) is 39.6. The molecule has 2 atom stereocenters. The lowest BCUT2D eigenvalue weighted by Gasteiger charge is -2.23. The summed E-state index contributed by atoms with van der Waals surface area (Å²) in [6.45, 7) is 7.89. The Bertz CT molecular complexity index is 2770. The van der Waals surface area contributed by atoms with Crippen LogP contribution < -0.4 is 29.3 Å². The van der Waals surface area contributed by atoms with E-state index >= 15 is 0 Å². The molecule has 0 saturated heterocycles. The van der Waals surface area contributed by atoms with Gasteiger partial charge in [-0.3, -0.25) is 29.1 Å². The summed E-state index contributed by atoms with van der Waals surface area (Å²) in [4.78, 5) is 62.3. The molecule has 4 heterocycles. The molecule has 0 aliphatic carbocycles. The van der Waals surface area contributed by atoms with E-state index in [4.69, 9.17) is 19.2 Å². The summed E-state index contributed by atoms with van der Waals surface area (Å²) in [5.74, 6) is 2.30. The van der Waals surface area contributed by atoms with Crippen LogP contribution in [-0.2, 0) is 42.1 Å². The minimum Gasteiger partial charge on any atom is -0.493 e. The number of hydrogen-bond donors (Lipinski definition) is 1. The van der Waals surface area contributed by atoms with Gasteiger partial charge in [0.1, 0.15) is 24.7 Å². The molecule has 5 aromatic rings. The van der Waals surface area contributed by atoms with Crippen LogP contribution >= 0.6 is 21.6 Å². The van der Waals surface area contributed by atoms with Crippen molar-refractivity contribution in [3.63, 3.8) is 0 Å². The van der Waals surface area contributed by atoms with Gasteiger partial charge >= 0.3 is 0 Å². The third-order valence-electron chi connectivity index (χ3n) is 12.8. The summed E-state index contributed by atoms with van der Waals surface area (Å²) >= 11 is 0. The van der Waals surface area contributed by atoms with Crippen molar-refractivity contribution in [3.8, 4) is 17.2 Å². The second-order valence-corrected chi connectivity index (χ2v) is 20.9. The van der Waals surface area contributed by atoms with Crippen LogP contribution in [-0.4, -0.2) is 59.4 Å². The molecule has 0 unspecified atom stereocenters. The zero-order valence-electron chi connectivity index (χ0n) is 38.0. The van der Waals surface area contributed by atoms with Crippen LogP contribution in [0.15, 0.2) is 96.0 Å². The van der Waals surface area contributed by atoms with Crippen molar-refractivity contribution in [3.05, 3.63) is 136 Å². The number of aliphatic imine (C=N–C) groups is 1. The lowest BCUT2D eigenvalue weighted by molar-refractivity contribution is -0.119. The molecule has 66 heavy (non-hydrogen) atoms. The van der Waals surface area contributed by atoms with Gasteiger partial charge in [0.05, 0.1) is 29.1 Å². The van der Waals surface area contributed by atoms with E-state index in [9.17, 15) is 19.2 Å². The number of anilines is 3. The standard InChI is InChI=1S/C53H54N4O7S2/c1-6-41(58)14-11-19-65-66-53(3,4)52(61)55-38-22-33(30-63-47-28-44-43(20-32(47)2)51(60)57-40(29-54-44)25-37-13-8-10-16-46(37)57)21-34(23-38)31-64-49-26-35-17-18-39-24-36-12-7-9-15-45(36)56(39)50(59)42(35)27-48(49)62-5/h7-10,12-13,15-16,20-23,26-29,39-40H,6,11,14,17-19,24-25,30-31H2,1-5H3,(H,55,61)/t39-,40+/m1/s1. The predicted octanol–water partition coefficient (Wildman–Crippen LogP) is 10.8. The van der Waals surface area contributed by atoms with Crippen LogP contribution in [0.1, 0.15) is 101 Å². The average Bonchev–Trinajstić information content (AvgIpc) is 3.81. The molecule has 0 bridgehead atoms. The van der Waals surface area contributed by atoms with Gasteiger partial charge in [0.15, 0.2) is 11.5 Å². The number of nitrogens with zero attached hydrogens (tertiary/aromatic N) is 3. The smallest absolute Gasteiger partial charge is 0.261 e. The maximum atomic E-state index is 14.1. The van der Waals surface area contributed by atoms with Crippen molar-refractivity contribution in [1.29, 1.82) is 0 Å². The van der Waals surface area contributed by atoms with Crippen molar-refractivity contribution in [2.45, 2.75) is 103 Å². The fourth-order valence-electron chi connectivity index (χ4n) is 9.24. The first kappa shape index (κ1) is 45.1. The lowest BCUT2D eigenvalue weighted by atomic mass is 9.99. The number of carbonyl (C=O) groups excluding carboxylic acids is 4. The van der Waals surface area contributed by atoms with Gasteiger partial charge < -0.3 is 24.4 Å². The van der Waals surface area contributed by atoms with Gasteiger partial charge in [0.25, 0.3) is 11.8 Å². The Balaban J connectivity index is 0.952. The van der Waals surface area contributed by atoms with Gasteiger partial charge in [-0.05, 0) is 128 Å². The van der Waals surface area contributed by atoms with Crippen LogP contribution in [0.25, 0.3) is 0 Å². The number of Topliss-reactive ketones (excluding diaryl/α,β-unsaturated/α-hetero) is 1. The van der Waals surface area contributed by atoms with Crippen LogP contribution in [0, 0.1) is 6.92 Å². The lowest BCUT2D eigenvalue weighted by Crippen LogP contribution is -2.37. The maximum Gasteiger partial charge on any atom is 0.261 e. The number of nitrogens with one attached hydrogen (secondary N) is 1. The summed E-state index contributed by atoms with van der Waals surface area (Å²) in [7, 11) is 4.66. The zero-order chi connectivity index (χ0) is 46.1. The van der Waals surface area contributed by atoms with Gasteiger partial charge in [-0.2, -0.15) is 0 Å². The van der Waals surface area contributed by atoms with Gasteiger partial charge in [0, 0.05) is 66.0 Å². The molecule has 11 nitrogen and oxygen atoms in total. The fourth-order valence-corrected chi connectivity index (χ4v) is 11.7. The van der Waals surface area contributed by atoms with E-state index in [0.717, 1.165) is 70.6 Å². The molecule has 5 aromatic carbocycles. The normalized spacial score (nSPS) is 16.9. The number of ether oxygens (including phenoxy) is 3. The molecule has 0 aromatic heterocycles. The molecule has 0 saturated carbocycles. The van der Waals surface area contributed by atoms with Gasteiger partial charge in [-0.15, -0.1) is 0 Å². The molecule has 3 amide bonds. The number of carbonyl (C=O) groups is 4. The van der Waals surface area contributed by atoms with E-state index in [0.29, 0.717) is 59.0 Å². The van der Waals surface area contributed by atoms with E-state index in [1.165, 1.54) is 16.4 Å².